The number of nitrogens with zero attached hydrogens (tertiary/aromatic N) is 1. The molecule has 1 aromatic heterocycles. The number of anilines is 1. The molecule has 5 heteroatoms. The molecule has 15 heavy (non-hydrogen) atoms. The predicted octanol–water partition coefficient (Wildman–Crippen LogP) is 0.430. The summed E-state index contributed by atoms with van der Waals surface area (Å²) in [6.07, 6.45) is 1.07. The van der Waals surface area contributed by atoms with Crippen LogP contribution < -0.4 is 10.5 Å². The summed E-state index contributed by atoms with van der Waals surface area (Å²) < 4.78 is 10.1. The van der Waals surface area contributed by atoms with Crippen molar-refractivity contribution in [1.29, 1.82) is 0 Å². The van der Waals surface area contributed by atoms with Crippen LogP contribution in [-0.4, -0.2) is 31.6 Å². The zero-order valence-corrected chi connectivity index (χ0v) is 8.60. The third-order valence-electron chi connectivity index (χ3n) is 1.83. The van der Waals surface area contributed by atoms with Crippen molar-refractivity contribution in [3.05, 3.63) is 17.7 Å². The fourth-order valence-corrected chi connectivity index (χ4v) is 1.06. The summed E-state index contributed by atoms with van der Waals surface area (Å²) in [4.78, 5) is 14.3. The van der Waals surface area contributed by atoms with Gasteiger partial charge in [0, 0.05) is 25.2 Å². The van der Waals surface area contributed by atoms with E-state index in [1.807, 2.05) is 0 Å². The van der Waals surface area contributed by atoms with Gasteiger partial charge in [-0.3, -0.25) is 0 Å². The van der Waals surface area contributed by atoms with Gasteiger partial charge in [-0.1, -0.05) is 0 Å². The minimum Gasteiger partial charge on any atom is -0.475 e. The van der Waals surface area contributed by atoms with Crippen molar-refractivity contribution in [2.75, 3.05) is 26.1 Å². The number of aldehydes is 1. The van der Waals surface area contributed by atoms with Gasteiger partial charge >= 0.3 is 0 Å². The molecule has 2 N–H and O–H groups in total. The minimum atomic E-state index is 0.275. The summed E-state index contributed by atoms with van der Waals surface area (Å²) in [6.45, 7) is 0.924. The van der Waals surface area contributed by atoms with Gasteiger partial charge in [-0.15, -0.1) is 0 Å². The Morgan fingerprint density at radius 1 is 1.47 bits per heavy atom. The number of nitrogens with two attached hydrogens (primary N) is 1. The van der Waals surface area contributed by atoms with Crippen LogP contribution in [0.5, 0.6) is 5.88 Å². The van der Waals surface area contributed by atoms with E-state index in [4.69, 9.17) is 15.2 Å². The number of nitrogen functional groups attached to an aromatic ring is 1. The standard InChI is InChI=1S/C10H14N2O3/c1-14-6-7-15-9-3-2-8(4-5-13)10(11)12-9/h2-3,5H,4,6-7H2,1H3,(H2,11,12). The van der Waals surface area contributed by atoms with Crippen LogP contribution in [0.1, 0.15) is 5.56 Å². The number of hydrogen-bond acceptors (Lipinski definition) is 5. The Labute approximate surface area is 88.2 Å². The highest BCUT2D eigenvalue weighted by atomic mass is 16.5. The molecule has 82 valence electrons. The maximum atomic E-state index is 10.3. The fourth-order valence-electron chi connectivity index (χ4n) is 1.06. The summed E-state index contributed by atoms with van der Waals surface area (Å²) in [5.41, 5.74) is 6.34. The van der Waals surface area contributed by atoms with Gasteiger partial charge in [0.05, 0.1) is 6.61 Å². The largest absolute Gasteiger partial charge is 0.475 e. The van der Waals surface area contributed by atoms with Crippen molar-refractivity contribution >= 4 is 12.1 Å². The number of ether oxygens (including phenoxy) is 2. The first-order valence-corrected chi connectivity index (χ1v) is 4.58. The summed E-state index contributed by atoms with van der Waals surface area (Å²) in [5.74, 6) is 0.774. The third kappa shape index (κ3) is 3.55. The van der Waals surface area contributed by atoms with Gasteiger partial charge in [-0.25, -0.2) is 0 Å². The Hall–Kier alpha value is -1.62. The molecule has 0 aliphatic rings. The van der Waals surface area contributed by atoms with Crippen molar-refractivity contribution < 1.29 is 14.3 Å². The molecule has 0 atom stereocenters. The van der Waals surface area contributed by atoms with Gasteiger partial charge < -0.3 is 20.0 Å². The van der Waals surface area contributed by atoms with Crippen molar-refractivity contribution in [3.8, 4) is 5.88 Å². The van der Waals surface area contributed by atoms with Crippen molar-refractivity contribution in [2.24, 2.45) is 0 Å². The molecule has 1 rings (SSSR count). The summed E-state index contributed by atoms with van der Waals surface area (Å²) in [5, 5.41) is 0. The molecule has 0 unspecified atom stereocenters. The van der Waals surface area contributed by atoms with E-state index in [2.05, 4.69) is 4.98 Å². The monoisotopic (exact) mass is 210 g/mol. The number of hydrogen-bond donors (Lipinski definition) is 1. The van der Waals surface area contributed by atoms with Gasteiger partial charge in [-0.2, -0.15) is 4.98 Å². The Kier molecular flexibility index (Phi) is 4.56. The molecule has 0 aromatic carbocycles. The van der Waals surface area contributed by atoms with Crippen LogP contribution in [0.2, 0.25) is 0 Å². The topological polar surface area (TPSA) is 74.4 Å². The van der Waals surface area contributed by atoms with Crippen molar-refractivity contribution in [1.82, 2.24) is 4.98 Å². The van der Waals surface area contributed by atoms with Crippen molar-refractivity contribution in [3.63, 3.8) is 0 Å². The van der Waals surface area contributed by atoms with E-state index in [-0.39, 0.29) is 6.42 Å². The molecule has 0 radical (unpaired) electrons. The van der Waals surface area contributed by atoms with Gasteiger partial charge in [-0.05, 0) is 6.07 Å². The number of carbonyl (C=O) groups excluding carboxylic acids is 1. The molecule has 1 aromatic rings. The van der Waals surface area contributed by atoms with Gasteiger partial charge in [0.15, 0.2) is 0 Å². The third-order valence-corrected chi connectivity index (χ3v) is 1.83. The zero-order chi connectivity index (χ0) is 11.1. The SMILES string of the molecule is COCCOc1ccc(CC=O)c(N)n1. The summed E-state index contributed by atoms with van der Waals surface area (Å²) in [6, 6.07) is 3.42. The van der Waals surface area contributed by atoms with Crippen LogP contribution in [0.3, 0.4) is 0 Å². The maximum absolute atomic E-state index is 10.3. The molecule has 0 spiro atoms. The normalized spacial score (nSPS) is 9.93. The Morgan fingerprint density at radius 2 is 2.27 bits per heavy atom. The highest BCUT2D eigenvalue weighted by Crippen LogP contribution is 2.14. The van der Waals surface area contributed by atoms with E-state index in [1.165, 1.54) is 0 Å². The van der Waals surface area contributed by atoms with Gasteiger partial charge in [0.2, 0.25) is 5.88 Å². The van der Waals surface area contributed by atoms with Crippen LogP contribution >= 0.6 is 0 Å². The Morgan fingerprint density at radius 3 is 2.87 bits per heavy atom. The van der Waals surface area contributed by atoms with Crippen LogP contribution in [0.25, 0.3) is 0 Å². The lowest BCUT2D eigenvalue weighted by atomic mass is 10.2. The molecular weight excluding hydrogens is 196 g/mol. The van der Waals surface area contributed by atoms with Gasteiger partial charge in [0.25, 0.3) is 0 Å². The molecule has 0 saturated heterocycles. The van der Waals surface area contributed by atoms with E-state index < -0.39 is 0 Å². The Balaban J connectivity index is 2.60. The smallest absolute Gasteiger partial charge is 0.215 e. The second-order valence-electron chi connectivity index (χ2n) is 2.91. The highest BCUT2D eigenvalue weighted by Gasteiger charge is 2.02. The number of methoxy groups -OCH3 is 1. The lowest BCUT2D eigenvalue weighted by Gasteiger charge is -2.06. The average molecular weight is 210 g/mol. The first kappa shape index (κ1) is 11.5. The van der Waals surface area contributed by atoms with Crippen LogP contribution in [0, 0.1) is 0 Å². The predicted molar refractivity (Wildman–Crippen MR) is 55.8 cm³/mol. The van der Waals surface area contributed by atoms with Crippen molar-refractivity contribution in [2.45, 2.75) is 6.42 Å². The first-order valence-electron chi connectivity index (χ1n) is 4.58. The zero-order valence-electron chi connectivity index (χ0n) is 8.60. The minimum absolute atomic E-state index is 0.275. The second kappa shape index (κ2) is 5.98. The molecule has 0 aliphatic heterocycles. The van der Waals surface area contributed by atoms with Gasteiger partial charge in [0.1, 0.15) is 18.7 Å². The quantitative estimate of drug-likeness (QED) is 0.544. The molecule has 1 heterocycles. The van der Waals surface area contributed by atoms with Crippen LogP contribution in [0.4, 0.5) is 5.82 Å². The lowest BCUT2D eigenvalue weighted by Crippen LogP contribution is -2.07. The molecule has 0 saturated carbocycles. The molecular formula is C10H14N2O3. The lowest BCUT2D eigenvalue weighted by molar-refractivity contribution is -0.107. The summed E-state index contributed by atoms with van der Waals surface area (Å²) in [7, 11) is 1.60. The Bertz CT molecular complexity index is 328. The van der Waals surface area contributed by atoms with E-state index >= 15 is 0 Å². The van der Waals surface area contributed by atoms with E-state index in [0.29, 0.717) is 30.5 Å². The number of rotatable bonds is 6. The average Bonchev–Trinajstić information content (AvgIpc) is 2.23. The van der Waals surface area contributed by atoms with E-state index in [1.54, 1.807) is 19.2 Å². The number of carbonyl (C=O) groups is 1. The molecule has 5 nitrogen and oxygen atoms in total. The molecule has 0 amide bonds. The molecule has 0 bridgehead atoms. The molecule has 0 aliphatic carbocycles. The van der Waals surface area contributed by atoms with E-state index in [9.17, 15) is 4.79 Å². The summed E-state index contributed by atoms with van der Waals surface area (Å²) >= 11 is 0. The number of aromatic nitrogens is 1. The maximum Gasteiger partial charge on any atom is 0.215 e. The van der Waals surface area contributed by atoms with E-state index in [0.717, 1.165) is 6.29 Å². The first-order chi connectivity index (χ1) is 7.27. The fraction of sp³-hybridized carbons (Fsp3) is 0.400. The van der Waals surface area contributed by atoms with Crippen LogP contribution in [-0.2, 0) is 16.0 Å². The molecule has 0 fully saturated rings. The second-order valence-corrected chi connectivity index (χ2v) is 2.91. The van der Waals surface area contributed by atoms with Crippen LogP contribution in [0.15, 0.2) is 12.1 Å². The number of pyridine rings is 1. The highest BCUT2D eigenvalue weighted by molar-refractivity contribution is 5.59.